The lowest BCUT2D eigenvalue weighted by Crippen LogP contribution is -2.51. The van der Waals surface area contributed by atoms with Gasteiger partial charge >= 0.3 is 0 Å². The lowest BCUT2D eigenvalue weighted by Gasteiger charge is -2.31. The molecule has 8 nitrogen and oxygen atoms in total. The summed E-state index contributed by atoms with van der Waals surface area (Å²) in [6, 6.07) is 12.1. The number of carbonyl (C=O) groups is 3. The van der Waals surface area contributed by atoms with E-state index in [1.54, 1.807) is 43.3 Å². The van der Waals surface area contributed by atoms with Crippen LogP contribution in [0, 0.1) is 0 Å². The fourth-order valence-electron chi connectivity index (χ4n) is 3.28. The van der Waals surface area contributed by atoms with Gasteiger partial charge in [0.15, 0.2) is 5.78 Å². The molecule has 0 aliphatic carbocycles. The smallest absolute Gasteiger partial charge is 0.244 e. The lowest BCUT2D eigenvalue weighted by molar-refractivity contribution is -0.139. The third kappa shape index (κ3) is 7.30. The molecule has 0 aliphatic heterocycles. The van der Waals surface area contributed by atoms with Crippen molar-refractivity contribution in [1.29, 1.82) is 0 Å². The summed E-state index contributed by atoms with van der Waals surface area (Å²) in [4.78, 5) is 39.2. The van der Waals surface area contributed by atoms with Crippen molar-refractivity contribution >= 4 is 44.9 Å². The molecule has 0 saturated heterocycles. The molecule has 0 saturated carbocycles. The molecule has 34 heavy (non-hydrogen) atoms. The van der Waals surface area contributed by atoms with Crippen molar-refractivity contribution in [2.75, 3.05) is 23.7 Å². The molecule has 0 radical (unpaired) electrons. The number of hydrogen-bond donors (Lipinski definition) is 1. The molecule has 10 heteroatoms. The van der Waals surface area contributed by atoms with Gasteiger partial charge in [-0.2, -0.15) is 0 Å². The number of carbonyl (C=O) groups excluding carboxylic acids is 3. The summed E-state index contributed by atoms with van der Waals surface area (Å²) >= 11 is 6.29. The van der Waals surface area contributed by atoms with E-state index in [0.29, 0.717) is 22.7 Å². The van der Waals surface area contributed by atoms with Crippen LogP contribution in [0.2, 0.25) is 5.02 Å². The van der Waals surface area contributed by atoms with Crippen LogP contribution >= 0.6 is 11.6 Å². The molecule has 184 valence electrons. The number of ketones is 1. The summed E-state index contributed by atoms with van der Waals surface area (Å²) in [6.45, 7) is 4.79. The van der Waals surface area contributed by atoms with Crippen molar-refractivity contribution in [3.05, 3.63) is 64.7 Å². The highest BCUT2D eigenvalue weighted by Crippen LogP contribution is 2.22. The molecular formula is C24H30ClN3O5S. The van der Waals surface area contributed by atoms with E-state index in [-0.39, 0.29) is 23.9 Å². The van der Waals surface area contributed by atoms with Gasteiger partial charge in [0, 0.05) is 23.7 Å². The standard InChI is InChI=1S/C24H30ClN3O5S/c1-5-13-26-24(31)17(2)27(15-20-9-6-7-12-22(20)25)23(30)16-28(34(4,32)33)21-11-8-10-19(14-21)18(3)29/h6-12,14,17H,5,13,15-16H2,1-4H3,(H,26,31)/t17-/m0/s1. The van der Waals surface area contributed by atoms with E-state index in [0.717, 1.165) is 17.0 Å². The summed E-state index contributed by atoms with van der Waals surface area (Å²) in [7, 11) is -3.88. The number of nitrogens with zero attached hydrogens (tertiary/aromatic N) is 2. The third-order valence-corrected chi connectivity index (χ3v) is 6.74. The molecule has 0 unspecified atom stereocenters. The summed E-state index contributed by atoms with van der Waals surface area (Å²) in [5.74, 6) is -1.17. The van der Waals surface area contributed by atoms with Crippen LogP contribution in [0.3, 0.4) is 0 Å². The Kier molecular flexibility index (Phi) is 9.64. The normalized spacial score (nSPS) is 12.0. The van der Waals surface area contributed by atoms with Crippen LogP contribution in [0.25, 0.3) is 0 Å². The van der Waals surface area contributed by atoms with Gasteiger partial charge in [-0.05, 0) is 44.0 Å². The average molecular weight is 508 g/mol. The van der Waals surface area contributed by atoms with Gasteiger partial charge in [-0.25, -0.2) is 8.42 Å². The van der Waals surface area contributed by atoms with E-state index in [4.69, 9.17) is 11.6 Å². The van der Waals surface area contributed by atoms with Crippen LogP contribution < -0.4 is 9.62 Å². The zero-order valence-electron chi connectivity index (χ0n) is 19.7. The molecule has 2 aromatic rings. The number of sulfonamides is 1. The monoisotopic (exact) mass is 507 g/mol. The first kappa shape index (κ1) is 27.3. The summed E-state index contributed by atoms with van der Waals surface area (Å²) in [5, 5.41) is 3.19. The maximum atomic E-state index is 13.5. The number of halogens is 1. The topological polar surface area (TPSA) is 104 Å². The lowest BCUT2D eigenvalue weighted by atomic mass is 10.1. The number of amides is 2. The fraction of sp³-hybridized carbons (Fsp3) is 0.375. The van der Waals surface area contributed by atoms with Crippen molar-refractivity contribution in [3.8, 4) is 0 Å². The largest absolute Gasteiger partial charge is 0.354 e. The average Bonchev–Trinajstić information content (AvgIpc) is 2.79. The van der Waals surface area contributed by atoms with Crippen molar-refractivity contribution < 1.29 is 22.8 Å². The Morgan fingerprint density at radius 3 is 2.35 bits per heavy atom. The van der Waals surface area contributed by atoms with Gasteiger partial charge in [-0.15, -0.1) is 0 Å². The van der Waals surface area contributed by atoms with Crippen LogP contribution in [0.1, 0.15) is 43.1 Å². The molecule has 2 aromatic carbocycles. The van der Waals surface area contributed by atoms with Crippen molar-refractivity contribution in [2.45, 2.75) is 39.8 Å². The Labute approximate surface area is 205 Å². The zero-order chi connectivity index (χ0) is 25.5. The molecule has 0 spiro atoms. The van der Waals surface area contributed by atoms with Gasteiger partial charge in [0.05, 0.1) is 11.9 Å². The van der Waals surface area contributed by atoms with E-state index >= 15 is 0 Å². The highest BCUT2D eigenvalue weighted by atomic mass is 35.5. The molecule has 2 rings (SSSR count). The molecule has 1 N–H and O–H groups in total. The minimum Gasteiger partial charge on any atom is -0.354 e. The minimum atomic E-state index is -3.88. The van der Waals surface area contributed by atoms with E-state index in [2.05, 4.69) is 5.32 Å². The third-order valence-electron chi connectivity index (χ3n) is 5.23. The van der Waals surface area contributed by atoms with E-state index < -0.39 is 28.5 Å². The predicted octanol–water partition coefficient (Wildman–Crippen LogP) is 3.25. The number of rotatable bonds is 11. The zero-order valence-corrected chi connectivity index (χ0v) is 21.3. The molecule has 2 amide bonds. The molecule has 0 bridgehead atoms. The molecule has 1 atom stereocenters. The SMILES string of the molecule is CCCNC(=O)[C@H](C)N(Cc1ccccc1Cl)C(=O)CN(c1cccc(C(C)=O)c1)S(C)(=O)=O. The van der Waals surface area contributed by atoms with Crippen LogP contribution in [0.4, 0.5) is 5.69 Å². The van der Waals surface area contributed by atoms with E-state index in [1.165, 1.54) is 24.0 Å². The molecular weight excluding hydrogens is 478 g/mol. The first-order valence-corrected chi connectivity index (χ1v) is 13.1. The number of Topliss-reactive ketones (excluding diaryl/α,β-unsaturated/α-hetero) is 1. The Balaban J connectivity index is 2.42. The summed E-state index contributed by atoms with van der Waals surface area (Å²) in [5.41, 5.74) is 1.13. The highest BCUT2D eigenvalue weighted by Gasteiger charge is 2.30. The summed E-state index contributed by atoms with van der Waals surface area (Å²) in [6.07, 6.45) is 1.71. The number of anilines is 1. The Hall–Kier alpha value is -2.91. The van der Waals surface area contributed by atoms with Crippen LogP contribution in [0.15, 0.2) is 48.5 Å². The highest BCUT2D eigenvalue weighted by molar-refractivity contribution is 7.92. The molecule has 0 fully saturated rings. The fourth-order valence-corrected chi connectivity index (χ4v) is 4.32. The Bertz CT molecular complexity index is 1150. The quantitative estimate of drug-likeness (QED) is 0.470. The minimum absolute atomic E-state index is 0.0182. The van der Waals surface area contributed by atoms with Crippen molar-refractivity contribution in [3.63, 3.8) is 0 Å². The van der Waals surface area contributed by atoms with E-state index in [1.807, 2.05) is 6.92 Å². The Morgan fingerprint density at radius 2 is 1.76 bits per heavy atom. The first-order chi connectivity index (χ1) is 16.0. The van der Waals surface area contributed by atoms with Gasteiger partial charge in [0.1, 0.15) is 12.6 Å². The van der Waals surface area contributed by atoms with Crippen molar-refractivity contribution in [1.82, 2.24) is 10.2 Å². The van der Waals surface area contributed by atoms with Crippen LogP contribution in [0.5, 0.6) is 0 Å². The summed E-state index contributed by atoms with van der Waals surface area (Å²) < 4.78 is 26.1. The van der Waals surface area contributed by atoms with Crippen LogP contribution in [-0.2, 0) is 26.2 Å². The predicted molar refractivity (Wildman–Crippen MR) is 133 cm³/mol. The number of benzene rings is 2. The van der Waals surface area contributed by atoms with Gasteiger partial charge in [0.2, 0.25) is 21.8 Å². The van der Waals surface area contributed by atoms with Crippen LogP contribution in [-0.4, -0.2) is 56.3 Å². The molecule has 0 heterocycles. The van der Waals surface area contributed by atoms with Gasteiger partial charge < -0.3 is 10.2 Å². The van der Waals surface area contributed by atoms with Gasteiger partial charge in [0.25, 0.3) is 0 Å². The number of nitrogens with one attached hydrogen (secondary N) is 1. The second-order valence-electron chi connectivity index (χ2n) is 7.96. The Morgan fingerprint density at radius 1 is 1.09 bits per heavy atom. The molecule has 0 aliphatic rings. The second-order valence-corrected chi connectivity index (χ2v) is 10.3. The maximum Gasteiger partial charge on any atom is 0.244 e. The number of hydrogen-bond acceptors (Lipinski definition) is 5. The van der Waals surface area contributed by atoms with Crippen molar-refractivity contribution in [2.24, 2.45) is 0 Å². The van der Waals surface area contributed by atoms with Gasteiger partial charge in [-0.1, -0.05) is 48.9 Å². The second kappa shape index (κ2) is 12.0. The van der Waals surface area contributed by atoms with E-state index in [9.17, 15) is 22.8 Å². The molecule has 0 aromatic heterocycles. The first-order valence-electron chi connectivity index (χ1n) is 10.8. The van der Waals surface area contributed by atoms with Gasteiger partial charge in [-0.3, -0.25) is 18.7 Å². The maximum absolute atomic E-state index is 13.5.